The summed E-state index contributed by atoms with van der Waals surface area (Å²) in [5.41, 5.74) is -2.69. The van der Waals surface area contributed by atoms with Gasteiger partial charge in [0.2, 0.25) is 0 Å². The van der Waals surface area contributed by atoms with Crippen molar-refractivity contribution >= 4 is 35.1 Å². The normalized spacial score (nSPS) is 21.4. The van der Waals surface area contributed by atoms with Crippen LogP contribution in [0, 0.1) is 29.9 Å². The average molecular weight is 663 g/mol. The van der Waals surface area contributed by atoms with E-state index in [1.54, 1.807) is 13.0 Å². The summed E-state index contributed by atoms with van der Waals surface area (Å²) in [4.78, 5) is 21.4. The van der Waals surface area contributed by atoms with Crippen molar-refractivity contribution in [2.75, 3.05) is 0 Å². The number of aliphatic carboxylic acids is 2. The van der Waals surface area contributed by atoms with E-state index in [0.29, 0.717) is 11.5 Å². The van der Waals surface area contributed by atoms with Crippen molar-refractivity contribution in [1.82, 2.24) is 5.32 Å². The monoisotopic (exact) mass is 662 g/mol. The number of nitrogens with one attached hydrogen (secondary N) is 1. The molecule has 238 valence electrons. The second-order valence-corrected chi connectivity index (χ2v) is 11.4. The van der Waals surface area contributed by atoms with Gasteiger partial charge in [-0.25, -0.2) is 13.6 Å². The van der Waals surface area contributed by atoms with E-state index < -0.39 is 58.6 Å². The Balaban J connectivity index is 0.000000756. The molecule has 0 bridgehead atoms. The molecule has 0 aliphatic carbocycles. The third kappa shape index (κ3) is 7.17. The summed E-state index contributed by atoms with van der Waals surface area (Å²) >= 11 is 12.0. The maximum atomic E-state index is 15.5. The topological polar surface area (TPSA) is 124 Å². The number of nitrogens with zero attached hydrogens (tertiary/aromatic N) is 1. The molecule has 7 nitrogen and oxygen atoms in total. The first-order valence-electron chi connectivity index (χ1n) is 12.5. The number of furan rings is 1. The van der Waals surface area contributed by atoms with Gasteiger partial charge in [-0.2, -0.15) is 18.4 Å². The van der Waals surface area contributed by atoms with E-state index in [4.69, 9.17) is 37.5 Å². The second kappa shape index (κ2) is 13.5. The maximum Gasteiger partial charge on any atom is 0.490 e. The quantitative estimate of drug-likeness (QED) is 0.230. The van der Waals surface area contributed by atoms with Gasteiger partial charge in [-0.1, -0.05) is 62.7 Å². The van der Waals surface area contributed by atoms with Crippen LogP contribution in [0.3, 0.4) is 0 Å². The van der Waals surface area contributed by atoms with Crippen molar-refractivity contribution < 1.29 is 46.2 Å². The highest BCUT2D eigenvalue weighted by Gasteiger charge is 2.61. The Labute approximate surface area is 260 Å². The number of rotatable bonds is 6. The minimum Gasteiger partial charge on any atom is -0.480 e. The number of carbonyl (C=O) groups is 2. The van der Waals surface area contributed by atoms with E-state index in [9.17, 15) is 28.3 Å². The van der Waals surface area contributed by atoms with E-state index in [0.717, 1.165) is 6.07 Å². The molecule has 2 heterocycles. The van der Waals surface area contributed by atoms with E-state index in [2.05, 4.69) is 11.4 Å². The number of benzene rings is 2. The van der Waals surface area contributed by atoms with Crippen LogP contribution in [0.4, 0.5) is 22.0 Å². The van der Waals surface area contributed by atoms with Crippen LogP contribution in [0.5, 0.6) is 0 Å². The second-order valence-electron chi connectivity index (χ2n) is 10.6. The number of alkyl halides is 3. The molecule has 1 aromatic heterocycles. The number of halogens is 7. The molecule has 1 aliphatic rings. The zero-order valence-corrected chi connectivity index (χ0v) is 24.3. The Morgan fingerprint density at radius 3 is 2.18 bits per heavy atom. The number of carboxylic acid groups (broad SMARTS) is 2. The van der Waals surface area contributed by atoms with Gasteiger partial charge in [-0.15, -0.1) is 0 Å². The standard InChI is InChI=1S/C27H24Cl2F2N2O3.C2HF3O2.CH4/c1-14-7-10-21(36-14)26(2,3)12-20-27(13-32,17-9-8-15(28)11-19(17)30)22(24(33-20)25(34)35)16-5-4-6-18(29)23(16)31;3-2(4,5)1(6)7;/h4-11,20,22,24,33H,12H2,1-3H3,(H,34,35);(H,6,7);1H4/t20-,22-,24+,27-;;/m0../s1. The summed E-state index contributed by atoms with van der Waals surface area (Å²) in [6.07, 6.45) is -4.90. The van der Waals surface area contributed by atoms with Crippen LogP contribution in [0.1, 0.15) is 56.3 Å². The first-order chi connectivity index (χ1) is 19.9. The molecule has 0 radical (unpaired) electrons. The maximum absolute atomic E-state index is 15.5. The van der Waals surface area contributed by atoms with Crippen LogP contribution in [0.25, 0.3) is 0 Å². The van der Waals surface area contributed by atoms with Gasteiger partial charge in [-0.05, 0) is 49.2 Å². The van der Waals surface area contributed by atoms with Crippen molar-refractivity contribution in [2.24, 2.45) is 0 Å². The van der Waals surface area contributed by atoms with Crippen LogP contribution in [-0.2, 0) is 20.4 Å². The van der Waals surface area contributed by atoms with Crippen molar-refractivity contribution in [2.45, 2.75) is 69.6 Å². The highest BCUT2D eigenvalue weighted by Crippen LogP contribution is 2.53. The molecule has 4 rings (SSSR count). The minimum absolute atomic E-state index is 0. The molecule has 0 spiro atoms. The Hall–Kier alpha value is -3.66. The molecule has 2 aromatic carbocycles. The highest BCUT2D eigenvalue weighted by atomic mass is 35.5. The largest absolute Gasteiger partial charge is 0.490 e. The van der Waals surface area contributed by atoms with Crippen molar-refractivity contribution in [3.8, 4) is 6.07 Å². The molecule has 0 unspecified atom stereocenters. The van der Waals surface area contributed by atoms with Gasteiger partial charge in [-0.3, -0.25) is 10.1 Å². The van der Waals surface area contributed by atoms with Gasteiger partial charge >= 0.3 is 18.1 Å². The van der Waals surface area contributed by atoms with Crippen LogP contribution in [-0.4, -0.2) is 40.4 Å². The van der Waals surface area contributed by atoms with E-state index in [-0.39, 0.29) is 35.0 Å². The minimum atomic E-state index is -5.08. The fourth-order valence-corrected chi connectivity index (χ4v) is 5.68. The van der Waals surface area contributed by atoms with Gasteiger partial charge in [0.1, 0.15) is 34.6 Å². The third-order valence-electron chi connectivity index (χ3n) is 7.26. The lowest BCUT2D eigenvalue weighted by atomic mass is 9.62. The van der Waals surface area contributed by atoms with Crippen LogP contribution in [0.15, 0.2) is 52.9 Å². The molecular formula is C30H29Cl2F5N2O5. The third-order valence-corrected chi connectivity index (χ3v) is 7.79. The zero-order valence-electron chi connectivity index (χ0n) is 22.8. The summed E-state index contributed by atoms with van der Waals surface area (Å²) < 4.78 is 68.5. The molecule has 3 N–H and O–H groups in total. The van der Waals surface area contributed by atoms with Crippen LogP contribution >= 0.6 is 23.2 Å². The Bertz CT molecular complexity index is 1570. The van der Waals surface area contributed by atoms with E-state index >= 15 is 8.78 Å². The Morgan fingerprint density at radius 1 is 1.09 bits per heavy atom. The first kappa shape index (κ1) is 36.5. The Morgan fingerprint density at radius 2 is 1.70 bits per heavy atom. The molecule has 14 heteroatoms. The van der Waals surface area contributed by atoms with Crippen molar-refractivity contribution in [1.29, 1.82) is 5.26 Å². The number of carboxylic acids is 2. The lowest BCUT2D eigenvalue weighted by molar-refractivity contribution is -0.192. The van der Waals surface area contributed by atoms with Crippen molar-refractivity contribution in [3.05, 3.63) is 92.9 Å². The molecular weight excluding hydrogens is 634 g/mol. The van der Waals surface area contributed by atoms with Gasteiger partial charge in [0.25, 0.3) is 0 Å². The molecule has 44 heavy (non-hydrogen) atoms. The van der Waals surface area contributed by atoms with Crippen molar-refractivity contribution in [3.63, 3.8) is 0 Å². The number of nitriles is 1. The highest BCUT2D eigenvalue weighted by molar-refractivity contribution is 6.31. The zero-order chi connectivity index (χ0) is 32.5. The molecule has 4 atom stereocenters. The van der Waals surface area contributed by atoms with Gasteiger partial charge in [0, 0.05) is 28.0 Å². The lowest BCUT2D eigenvalue weighted by Crippen LogP contribution is -2.46. The first-order valence-corrected chi connectivity index (χ1v) is 13.3. The van der Waals surface area contributed by atoms with E-state index in [1.807, 2.05) is 19.9 Å². The number of aryl methyl sites for hydroxylation is 1. The summed E-state index contributed by atoms with van der Waals surface area (Å²) in [6, 6.07) is 11.5. The summed E-state index contributed by atoms with van der Waals surface area (Å²) in [5.74, 6) is -5.71. The summed E-state index contributed by atoms with van der Waals surface area (Å²) in [5, 5.41) is 30.9. The summed E-state index contributed by atoms with van der Waals surface area (Å²) in [6.45, 7) is 5.57. The van der Waals surface area contributed by atoms with E-state index in [1.165, 1.54) is 30.3 Å². The molecule has 1 fully saturated rings. The SMILES string of the molecule is C.Cc1ccc(C(C)(C)C[C@@H]2N[C@@H](C(=O)O)[C@H](c3cccc(Cl)c3F)[C@@]2(C#N)c2ccc(Cl)cc2F)o1.O=C(O)C(F)(F)F. The predicted octanol–water partition coefficient (Wildman–Crippen LogP) is 7.78. The molecule has 0 amide bonds. The fraction of sp³-hybridized carbons (Fsp3) is 0.367. The summed E-state index contributed by atoms with van der Waals surface area (Å²) in [7, 11) is 0. The van der Waals surface area contributed by atoms with Gasteiger partial charge in [0.15, 0.2) is 0 Å². The molecule has 0 saturated carbocycles. The number of hydrogen-bond acceptors (Lipinski definition) is 5. The fourth-order valence-electron chi connectivity index (χ4n) is 5.34. The Kier molecular flexibility index (Phi) is 11.2. The molecule has 1 aliphatic heterocycles. The van der Waals surface area contributed by atoms with Crippen LogP contribution < -0.4 is 5.32 Å². The van der Waals surface area contributed by atoms with Gasteiger partial charge in [0.05, 0.1) is 11.1 Å². The average Bonchev–Trinajstić information content (AvgIpc) is 3.48. The van der Waals surface area contributed by atoms with Gasteiger partial charge < -0.3 is 14.6 Å². The molecule has 1 saturated heterocycles. The molecule has 3 aromatic rings. The predicted molar refractivity (Wildman–Crippen MR) is 153 cm³/mol. The number of hydrogen-bond donors (Lipinski definition) is 3. The van der Waals surface area contributed by atoms with Crippen LogP contribution in [0.2, 0.25) is 10.0 Å². The lowest BCUT2D eigenvalue weighted by Gasteiger charge is -2.37. The smallest absolute Gasteiger partial charge is 0.480 e.